The molecule has 3 N–H and O–H groups in total. The monoisotopic (exact) mass is 257 g/mol. The topological polar surface area (TPSA) is 91.3 Å². The molecule has 2 amide bonds. The second-order valence-electron chi connectivity index (χ2n) is 3.55. The molecular weight excluding hydrogens is 242 g/mol. The van der Waals surface area contributed by atoms with Crippen LogP contribution in [0.1, 0.15) is 24.6 Å². The van der Waals surface area contributed by atoms with E-state index in [2.05, 4.69) is 15.6 Å². The molecule has 1 unspecified atom stereocenters. The molecule has 0 aliphatic heterocycles. The molecule has 0 aliphatic carbocycles. The fraction of sp³-hybridized carbons (Fsp3) is 0.500. The van der Waals surface area contributed by atoms with Crippen molar-refractivity contribution in [3.63, 3.8) is 0 Å². The van der Waals surface area contributed by atoms with Crippen LogP contribution in [-0.4, -0.2) is 28.1 Å². The minimum absolute atomic E-state index is 0.402. The van der Waals surface area contributed by atoms with Gasteiger partial charge in [-0.3, -0.25) is 5.32 Å². The Morgan fingerprint density at radius 1 is 1.59 bits per heavy atom. The Hall–Kier alpha value is -1.63. The highest BCUT2D eigenvalue weighted by Gasteiger charge is 2.18. The third-order valence-electron chi connectivity index (χ3n) is 2.02. The minimum atomic E-state index is -1.03. The third-order valence-corrected chi connectivity index (χ3v) is 2.85. The highest BCUT2D eigenvalue weighted by molar-refractivity contribution is 7.15. The van der Waals surface area contributed by atoms with Gasteiger partial charge in [-0.2, -0.15) is 0 Å². The summed E-state index contributed by atoms with van der Waals surface area (Å²) in [6.07, 6.45) is 2.73. The van der Waals surface area contributed by atoms with E-state index >= 15 is 0 Å². The van der Waals surface area contributed by atoms with Gasteiger partial charge in [0.25, 0.3) is 0 Å². The van der Waals surface area contributed by atoms with Crippen molar-refractivity contribution in [2.24, 2.45) is 0 Å². The molecule has 1 rings (SSSR count). The molecule has 0 bridgehead atoms. The number of hydrogen-bond donors (Lipinski definition) is 3. The second-order valence-corrected chi connectivity index (χ2v) is 4.79. The quantitative estimate of drug-likeness (QED) is 0.750. The normalized spacial score (nSPS) is 11.9. The average molecular weight is 257 g/mol. The molecule has 1 heterocycles. The summed E-state index contributed by atoms with van der Waals surface area (Å²) in [5, 5.41) is 14.2. The molecule has 0 saturated heterocycles. The molecule has 0 spiro atoms. The lowest BCUT2D eigenvalue weighted by atomic mass is 10.2. The number of carboxylic acids is 1. The number of urea groups is 1. The van der Waals surface area contributed by atoms with E-state index in [1.54, 1.807) is 6.20 Å². The summed E-state index contributed by atoms with van der Waals surface area (Å²) in [6.45, 7) is 3.73. The van der Waals surface area contributed by atoms with Crippen LogP contribution in [0.5, 0.6) is 0 Å². The molecule has 0 aliphatic rings. The number of carboxylic acid groups (broad SMARTS) is 1. The fourth-order valence-corrected chi connectivity index (χ4v) is 1.91. The molecule has 17 heavy (non-hydrogen) atoms. The van der Waals surface area contributed by atoms with Crippen LogP contribution in [0.2, 0.25) is 0 Å². The van der Waals surface area contributed by atoms with Crippen LogP contribution in [-0.2, 0) is 4.79 Å². The van der Waals surface area contributed by atoms with E-state index < -0.39 is 18.0 Å². The van der Waals surface area contributed by atoms with Crippen molar-refractivity contribution < 1.29 is 14.7 Å². The number of carbonyl (C=O) groups excluding carboxylic acids is 1. The van der Waals surface area contributed by atoms with Gasteiger partial charge in [-0.15, -0.1) is 11.3 Å². The Labute approximate surface area is 103 Å². The summed E-state index contributed by atoms with van der Waals surface area (Å²) >= 11 is 1.33. The van der Waals surface area contributed by atoms with Crippen LogP contribution in [0, 0.1) is 6.92 Å². The zero-order valence-electron chi connectivity index (χ0n) is 9.69. The van der Waals surface area contributed by atoms with E-state index in [9.17, 15) is 9.59 Å². The number of anilines is 1. The second kappa shape index (κ2) is 6.19. The van der Waals surface area contributed by atoms with Gasteiger partial charge in [-0.1, -0.05) is 13.3 Å². The summed E-state index contributed by atoms with van der Waals surface area (Å²) in [5.41, 5.74) is 0. The standard InChI is InChI=1S/C10H15N3O3S/c1-3-4-7(8(14)15)12-9(16)13-10-11-5-6(2)17-10/h5,7H,3-4H2,1-2H3,(H,14,15)(H2,11,12,13,16). The molecule has 1 aromatic rings. The molecule has 6 nitrogen and oxygen atoms in total. The van der Waals surface area contributed by atoms with Gasteiger partial charge in [0.15, 0.2) is 5.13 Å². The van der Waals surface area contributed by atoms with Crippen molar-refractivity contribution in [3.05, 3.63) is 11.1 Å². The smallest absolute Gasteiger partial charge is 0.326 e. The summed E-state index contributed by atoms with van der Waals surface area (Å²) in [6, 6.07) is -1.40. The first-order chi connectivity index (χ1) is 8.02. The molecule has 0 saturated carbocycles. The van der Waals surface area contributed by atoms with Crippen molar-refractivity contribution in [1.82, 2.24) is 10.3 Å². The van der Waals surface area contributed by atoms with Crippen LogP contribution >= 0.6 is 11.3 Å². The van der Waals surface area contributed by atoms with Gasteiger partial charge in [0.1, 0.15) is 6.04 Å². The van der Waals surface area contributed by atoms with E-state index in [-0.39, 0.29) is 0 Å². The van der Waals surface area contributed by atoms with Crippen molar-refractivity contribution in [1.29, 1.82) is 0 Å². The molecule has 94 valence electrons. The molecule has 0 fully saturated rings. The van der Waals surface area contributed by atoms with Gasteiger partial charge in [0.05, 0.1) is 0 Å². The summed E-state index contributed by atoms with van der Waals surface area (Å²) < 4.78 is 0. The first-order valence-corrected chi connectivity index (χ1v) is 6.07. The number of nitrogens with zero attached hydrogens (tertiary/aromatic N) is 1. The largest absolute Gasteiger partial charge is 0.480 e. The average Bonchev–Trinajstić information content (AvgIpc) is 2.63. The predicted molar refractivity (Wildman–Crippen MR) is 65.3 cm³/mol. The Balaban J connectivity index is 2.50. The van der Waals surface area contributed by atoms with E-state index in [1.807, 2.05) is 13.8 Å². The maximum atomic E-state index is 11.5. The number of thiazole rings is 1. The van der Waals surface area contributed by atoms with E-state index in [1.165, 1.54) is 11.3 Å². The highest BCUT2D eigenvalue weighted by atomic mass is 32.1. The first-order valence-electron chi connectivity index (χ1n) is 5.25. The number of aromatic nitrogens is 1. The van der Waals surface area contributed by atoms with E-state index in [4.69, 9.17) is 5.11 Å². The molecule has 7 heteroatoms. The molecule has 1 atom stereocenters. The Morgan fingerprint density at radius 2 is 2.29 bits per heavy atom. The van der Waals surface area contributed by atoms with Gasteiger partial charge in [-0.05, 0) is 13.3 Å². The molecule has 0 aromatic carbocycles. The van der Waals surface area contributed by atoms with Crippen molar-refractivity contribution >= 4 is 28.5 Å². The van der Waals surface area contributed by atoms with Gasteiger partial charge < -0.3 is 10.4 Å². The van der Waals surface area contributed by atoms with E-state index in [0.29, 0.717) is 18.0 Å². The van der Waals surface area contributed by atoms with Gasteiger partial charge in [0.2, 0.25) is 0 Å². The highest BCUT2D eigenvalue weighted by Crippen LogP contribution is 2.16. The lowest BCUT2D eigenvalue weighted by molar-refractivity contribution is -0.139. The zero-order valence-corrected chi connectivity index (χ0v) is 10.5. The fourth-order valence-electron chi connectivity index (χ4n) is 1.25. The Kier molecular flexibility index (Phi) is 4.89. The number of rotatable bonds is 5. The molecule has 0 radical (unpaired) electrons. The third kappa shape index (κ3) is 4.39. The number of carbonyl (C=O) groups is 2. The maximum absolute atomic E-state index is 11.5. The number of amides is 2. The number of hydrogen-bond acceptors (Lipinski definition) is 4. The Bertz CT molecular complexity index is 405. The minimum Gasteiger partial charge on any atom is -0.480 e. The summed E-state index contributed by atoms with van der Waals surface area (Å²) in [7, 11) is 0. The van der Waals surface area contributed by atoms with Crippen LogP contribution in [0.15, 0.2) is 6.20 Å². The summed E-state index contributed by atoms with van der Waals surface area (Å²) in [5.74, 6) is -1.03. The van der Waals surface area contributed by atoms with Crippen LogP contribution < -0.4 is 10.6 Å². The SMILES string of the molecule is CCCC(NC(=O)Nc1ncc(C)s1)C(=O)O. The van der Waals surface area contributed by atoms with Crippen LogP contribution in [0.4, 0.5) is 9.93 Å². The molecule has 1 aromatic heterocycles. The summed E-state index contributed by atoms with van der Waals surface area (Å²) in [4.78, 5) is 27.2. The number of aliphatic carboxylic acids is 1. The zero-order chi connectivity index (χ0) is 12.8. The first kappa shape index (κ1) is 13.4. The van der Waals surface area contributed by atoms with E-state index in [0.717, 1.165) is 4.88 Å². The van der Waals surface area contributed by atoms with Crippen LogP contribution in [0.25, 0.3) is 0 Å². The van der Waals surface area contributed by atoms with Gasteiger partial charge >= 0.3 is 12.0 Å². The lowest BCUT2D eigenvalue weighted by Gasteiger charge is -2.13. The Morgan fingerprint density at radius 3 is 2.76 bits per heavy atom. The number of aryl methyl sites for hydroxylation is 1. The van der Waals surface area contributed by atoms with Crippen molar-refractivity contribution in [2.45, 2.75) is 32.7 Å². The van der Waals surface area contributed by atoms with Gasteiger partial charge in [0, 0.05) is 11.1 Å². The van der Waals surface area contributed by atoms with Crippen LogP contribution in [0.3, 0.4) is 0 Å². The maximum Gasteiger partial charge on any atom is 0.326 e. The van der Waals surface area contributed by atoms with Crippen molar-refractivity contribution in [2.75, 3.05) is 5.32 Å². The number of nitrogens with one attached hydrogen (secondary N) is 2. The predicted octanol–water partition coefficient (Wildman–Crippen LogP) is 1.83. The lowest BCUT2D eigenvalue weighted by Crippen LogP contribution is -2.42. The molecular formula is C10H15N3O3S. The van der Waals surface area contributed by atoms with Gasteiger partial charge in [-0.25, -0.2) is 14.6 Å². The van der Waals surface area contributed by atoms with Crippen molar-refractivity contribution in [3.8, 4) is 0 Å².